The summed E-state index contributed by atoms with van der Waals surface area (Å²) in [5, 5.41) is 8.59. The lowest BCUT2D eigenvalue weighted by Gasteiger charge is -2.03. The van der Waals surface area contributed by atoms with Gasteiger partial charge < -0.3 is 5.11 Å². The second-order valence-electron chi connectivity index (χ2n) is 3.14. The lowest BCUT2D eigenvalue weighted by molar-refractivity contribution is -0.136. The number of hydrogen-bond donors (Lipinski definition) is 1. The Morgan fingerprint density at radius 3 is 2.47 bits per heavy atom. The minimum absolute atomic E-state index is 0.119. The molecule has 0 aliphatic heterocycles. The fraction of sp³-hybridized carbons (Fsp3) is 0.222. The molecular weight excluding hydrogens is 284 g/mol. The Balaban J connectivity index is 3.23. The lowest BCUT2D eigenvalue weighted by Crippen LogP contribution is -2.03. The molecule has 0 fully saturated rings. The highest BCUT2D eigenvalue weighted by atomic mass is 79.9. The van der Waals surface area contributed by atoms with Crippen molar-refractivity contribution in [3.8, 4) is 0 Å². The van der Waals surface area contributed by atoms with Gasteiger partial charge >= 0.3 is 5.97 Å². The highest BCUT2D eigenvalue weighted by molar-refractivity contribution is 9.10. The summed E-state index contributed by atoms with van der Waals surface area (Å²) >= 11 is 3.14. The van der Waals surface area contributed by atoms with E-state index < -0.39 is 15.8 Å². The van der Waals surface area contributed by atoms with E-state index in [4.69, 9.17) is 5.11 Å². The molecule has 0 aliphatic carbocycles. The summed E-state index contributed by atoms with van der Waals surface area (Å²) in [5.41, 5.74) is 0.456. The minimum Gasteiger partial charge on any atom is -0.481 e. The van der Waals surface area contributed by atoms with E-state index in [0.29, 0.717) is 10.0 Å². The van der Waals surface area contributed by atoms with Gasteiger partial charge in [0, 0.05) is 10.7 Å². The van der Waals surface area contributed by atoms with E-state index in [0.717, 1.165) is 6.26 Å². The van der Waals surface area contributed by atoms with Gasteiger partial charge in [-0.2, -0.15) is 0 Å². The van der Waals surface area contributed by atoms with Crippen molar-refractivity contribution in [2.24, 2.45) is 0 Å². The predicted molar refractivity (Wildman–Crippen MR) is 58.6 cm³/mol. The van der Waals surface area contributed by atoms with Crippen LogP contribution >= 0.6 is 15.9 Å². The van der Waals surface area contributed by atoms with Gasteiger partial charge in [-0.15, -0.1) is 0 Å². The maximum absolute atomic E-state index is 11.3. The van der Waals surface area contributed by atoms with E-state index in [9.17, 15) is 13.2 Å². The molecule has 0 unspecified atom stereocenters. The van der Waals surface area contributed by atoms with Crippen molar-refractivity contribution in [1.29, 1.82) is 0 Å². The van der Waals surface area contributed by atoms with Gasteiger partial charge in [0.1, 0.15) is 0 Å². The molecule has 0 bridgehead atoms. The normalized spacial score (nSPS) is 11.3. The van der Waals surface area contributed by atoms with Crippen molar-refractivity contribution >= 4 is 31.7 Å². The summed E-state index contributed by atoms with van der Waals surface area (Å²) in [6.07, 6.45) is 0.890. The zero-order valence-corrected chi connectivity index (χ0v) is 10.3. The number of carbonyl (C=O) groups is 1. The Bertz CT molecular complexity index is 493. The molecule has 0 saturated carbocycles. The van der Waals surface area contributed by atoms with Crippen LogP contribution in [0.2, 0.25) is 0 Å². The van der Waals surface area contributed by atoms with Gasteiger partial charge in [0.15, 0.2) is 9.84 Å². The van der Waals surface area contributed by atoms with Crippen LogP contribution < -0.4 is 0 Å². The van der Waals surface area contributed by atoms with Crippen LogP contribution in [-0.4, -0.2) is 25.7 Å². The van der Waals surface area contributed by atoms with Crippen molar-refractivity contribution in [3.05, 3.63) is 28.2 Å². The number of carboxylic acid groups (broad SMARTS) is 1. The third kappa shape index (κ3) is 3.64. The highest BCUT2D eigenvalue weighted by Crippen LogP contribution is 2.19. The van der Waals surface area contributed by atoms with Crippen molar-refractivity contribution in [2.75, 3.05) is 6.26 Å². The maximum atomic E-state index is 11.3. The van der Waals surface area contributed by atoms with Gasteiger partial charge in [0.05, 0.1) is 11.3 Å². The molecular formula is C9H9BrO4S. The van der Waals surface area contributed by atoms with Gasteiger partial charge in [-0.1, -0.05) is 15.9 Å². The number of carboxylic acids is 1. The Morgan fingerprint density at radius 1 is 1.40 bits per heavy atom. The van der Waals surface area contributed by atoms with Crippen molar-refractivity contribution < 1.29 is 18.3 Å². The summed E-state index contributed by atoms with van der Waals surface area (Å²) < 4.78 is 23.1. The summed E-state index contributed by atoms with van der Waals surface area (Å²) in [7, 11) is -3.31. The minimum atomic E-state index is -3.31. The summed E-state index contributed by atoms with van der Waals surface area (Å²) in [6, 6.07) is 4.40. The molecule has 1 N–H and O–H groups in total. The fourth-order valence-corrected chi connectivity index (χ4v) is 2.51. The highest BCUT2D eigenvalue weighted by Gasteiger charge is 2.10. The van der Waals surface area contributed by atoms with Crippen molar-refractivity contribution in [2.45, 2.75) is 11.3 Å². The van der Waals surface area contributed by atoms with Gasteiger partial charge in [0.2, 0.25) is 0 Å². The first-order valence-corrected chi connectivity index (χ1v) is 6.69. The summed E-state index contributed by atoms with van der Waals surface area (Å²) in [6.45, 7) is 0. The number of aliphatic carboxylic acids is 1. The van der Waals surface area contributed by atoms with Gasteiger partial charge in [-0.25, -0.2) is 8.42 Å². The standard InChI is InChI=1S/C9H9BrO4S/c1-15(13,14)8-3-6(4-9(11)12)2-7(10)5-8/h2-3,5H,4H2,1H3,(H,11,12). The number of rotatable bonds is 3. The van der Waals surface area contributed by atoms with Crippen LogP contribution in [-0.2, 0) is 21.1 Å². The monoisotopic (exact) mass is 292 g/mol. The molecule has 4 nitrogen and oxygen atoms in total. The molecule has 0 aromatic heterocycles. The van der Waals surface area contributed by atoms with Crippen LogP contribution in [0, 0.1) is 0 Å². The lowest BCUT2D eigenvalue weighted by atomic mass is 10.2. The molecule has 0 heterocycles. The zero-order valence-electron chi connectivity index (χ0n) is 7.90. The van der Waals surface area contributed by atoms with E-state index >= 15 is 0 Å². The Kier molecular flexibility index (Phi) is 3.51. The quantitative estimate of drug-likeness (QED) is 0.916. The average molecular weight is 293 g/mol. The average Bonchev–Trinajstić information content (AvgIpc) is 1.99. The largest absolute Gasteiger partial charge is 0.481 e. The number of benzene rings is 1. The molecule has 6 heteroatoms. The second-order valence-corrected chi connectivity index (χ2v) is 6.07. The van der Waals surface area contributed by atoms with E-state index in [-0.39, 0.29) is 11.3 Å². The van der Waals surface area contributed by atoms with Crippen LogP contribution in [0.15, 0.2) is 27.6 Å². The van der Waals surface area contributed by atoms with Gasteiger partial charge in [-0.3, -0.25) is 4.79 Å². The molecule has 1 aromatic carbocycles. The molecule has 0 aliphatic rings. The van der Waals surface area contributed by atoms with Crippen molar-refractivity contribution in [1.82, 2.24) is 0 Å². The smallest absolute Gasteiger partial charge is 0.307 e. The SMILES string of the molecule is CS(=O)(=O)c1cc(Br)cc(CC(=O)O)c1. The van der Waals surface area contributed by atoms with E-state index in [1.165, 1.54) is 12.1 Å². The number of hydrogen-bond acceptors (Lipinski definition) is 3. The molecule has 0 spiro atoms. The first-order valence-electron chi connectivity index (χ1n) is 4.00. The maximum Gasteiger partial charge on any atom is 0.307 e. The predicted octanol–water partition coefficient (Wildman–Crippen LogP) is 1.48. The van der Waals surface area contributed by atoms with Crippen LogP contribution in [0.25, 0.3) is 0 Å². The second kappa shape index (κ2) is 4.32. The Hall–Kier alpha value is -0.880. The number of halogens is 1. The molecule has 0 atom stereocenters. The van der Waals surface area contributed by atoms with E-state index in [2.05, 4.69) is 15.9 Å². The number of sulfone groups is 1. The third-order valence-electron chi connectivity index (χ3n) is 1.71. The Morgan fingerprint density at radius 2 is 2.00 bits per heavy atom. The van der Waals surface area contributed by atoms with Crippen LogP contribution in [0.1, 0.15) is 5.56 Å². The van der Waals surface area contributed by atoms with Crippen LogP contribution in [0.4, 0.5) is 0 Å². The molecule has 1 rings (SSSR count). The topological polar surface area (TPSA) is 71.4 Å². The van der Waals surface area contributed by atoms with Gasteiger partial charge in [0.25, 0.3) is 0 Å². The van der Waals surface area contributed by atoms with Crippen LogP contribution in [0.5, 0.6) is 0 Å². The molecule has 1 aromatic rings. The molecule has 82 valence electrons. The fourth-order valence-electron chi connectivity index (χ4n) is 1.11. The summed E-state index contributed by atoms with van der Waals surface area (Å²) in [4.78, 5) is 10.6. The molecule has 0 radical (unpaired) electrons. The third-order valence-corrected chi connectivity index (χ3v) is 3.26. The summed E-state index contributed by atoms with van der Waals surface area (Å²) in [5.74, 6) is -0.993. The van der Waals surface area contributed by atoms with E-state index in [1.807, 2.05) is 0 Å². The molecule has 0 amide bonds. The van der Waals surface area contributed by atoms with Gasteiger partial charge in [-0.05, 0) is 23.8 Å². The van der Waals surface area contributed by atoms with E-state index in [1.54, 1.807) is 6.07 Å². The molecule has 0 saturated heterocycles. The van der Waals surface area contributed by atoms with Crippen molar-refractivity contribution in [3.63, 3.8) is 0 Å². The first kappa shape index (κ1) is 12.2. The first-order chi connectivity index (χ1) is 6.79. The van der Waals surface area contributed by atoms with Crippen LogP contribution in [0.3, 0.4) is 0 Å². The molecule has 15 heavy (non-hydrogen) atoms. The zero-order chi connectivity index (χ0) is 11.6. The Labute approximate surface area is 96.0 Å².